The molecule has 136 valence electrons. The minimum Gasteiger partial charge on any atom is -0.322 e. The summed E-state index contributed by atoms with van der Waals surface area (Å²) in [6.45, 7) is 3.75. The Hall–Kier alpha value is -2.96. The van der Waals surface area contributed by atoms with Gasteiger partial charge in [0.1, 0.15) is 6.67 Å². The highest BCUT2D eigenvalue weighted by atomic mass is 16.1. The maximum atomic E-state index is 12.3. The first kappa shape index (κ1) is 17.8. The van der Waals surface area contributed by atoms with Crippen LogP contribution in [0.15, 0.2) is 59.2 Å². The molecular weight excluding hydrogens is 328 g/mol. The van der Waals surface area contributed by atoms with E-state index in [1.807, 2.05) is 34.3 Å². The number of hydrogen-bond donors (Lipinski definition) is 1. The van der Waals surface area contributed by atoms with Crippen molar-refractivity contribution in [2.75, 3.05) is 23.5 Å². The molecule has 26 heavy (non-hydrogen) atoms. The second kappa shape index (κ2) is 8.94. The van der Waals surface area contributed by atoms with Crippen molar-refractivity contribution in [3.05, 3.63) is 54.4 Å². The number of pyridine rings is 1. The Morgan fingerprint density at radius 1 is 1.12 bits per heavy atom. The van der Waals surface area contributed by atoms with Gasteiger partial charge >= 0.3 is 0 Å². The molecule has 2 heterocycles. The Balaban J connectivity index is 1.56. The lowest BCUT2D eigenvalue weighted by molar-refractivity contribution is 0.102. The third-order valence-electron chi connectivity index (χ3n) is 4.19. The molecule has 0 atom stereocenters. The predicted molar refractivity (Wildman–Crippen MR) is 102 cm³/mol. The maximum Gasteiger partial charge on any atom is 0.255 e. The number of benzene rings is 1. The largest absolute Gasteiger partial charge is 0.322 e. The lowest BCUT2D eigenvalue weighted by atomic mass is 10.2. The molecule has 0 bridgehead atoms. The second-order valence-corrected chi connectivity index (χ2v) is 6.25. The number of nitrogens with one attached hydrogen (secondary N) is 1. The lowest BCUT2D eigenvalue weighted by Gasteiger charge is -2.17. The third kappa shape index (κ3) is 4.78. The van der Waals surface area contributed by atoms with Crippen molar-refractivity contribution in [1.82, 2.24) is 9.99 Å². The number of nitrogens with zero attached hydrogens (tertiary/aromatic N) is 5. The fraction of sp³-hybridized carbons (Fsp3) is 0.368. The first-order valence-electron chi connectivity index (χ1n) is 9.02. The number of carbonyl (C=O) groups excluding carboxylic acids is 1. The van der Waals surface area contributed by atoms with Crippen molar-refractivity contribution in [3.63, 3.8) is 0 Å². The van der Waals surface area contributed by atoms with E-state index < -0.39 is 0 Å². The topological polar surface area (TPSA) is 73.2 Å². The van der Waals surface area contributed by atoms with Crippen LogP contribution in [0.25, 0.3) is 0 Å². The molecule has 3 rings (SSSR count). The summed E-state index contributed by atoms with van der Waals surface area (Å²) in [6.07, 6.45) is 8.04. The number of unbranched alkanes of at least 4 members (excludes halogenated alkanes) is 3. The second-order valence-electron chi connectivity index (χ2n) is 6.25. The summed E-state index contributed by atoms with van der Waals surface area (Å²) in [4.78, 5) is 16.2. The minimum atomic E-state index is -0.162. The molecule has 2 aromatic rings. The molecule has 0 saturated carbocycles. The molecule has 0 unspecified atom stereocenters. The molecule has 1 aliphatic rings. The fourth-order valence-corrected chi connectivity index (χ4v) is 2.74. The summed E-state index contributed by atoms with van der Waals surface area (Å²) in [5.41, 5.74) is 2.20. The van der Waals surface area contributed by atoms with E-state index in [0.717, 1.165) is 24.3 Å². The maximum absolute atomic E-state index is 12.3. The number of hydrogen-bond acceptors (Lipinski definition) is 6. The number of anilines is 2. The Morgan fingerprint density at radius 2 is 1.96 bits per heavy atom. The average Bonchev–Trinajstić information content (AvgIpc) is 3.15. The van der Waals surface area contributed by atoms with Crippen LogP contribution in [0.3, 0.4) is 0 Å². The molecule has 1 aliphatic heterocycles. The highest BCUT2D eigenvalue weighted by Gasteiger charge is 2.17. The van der Waals surface area contributed by atoms with E-state index in [4.69, 9.17) is 0 Å². The lowest BCUT2D eigenvalue weighted by Crippen LogP contribution is -2.25. The quantitative estimate of drug-likeness (QED) is 0.720. The summed E-state index contributed by atoms with van der Waals surface area (Å²) in [7, 11) is 0. The van der Waals surface area contributed by atoms with Gasteiger partial charge in [-0.2, -0.15) is 0 Å². The first-order chi connectivity index (χ1) is 12.8. The monoisotopic (exact) mass is 352 g/mol. The van der Waals surface area contributed by atoms with Gasteiger partial charge in [0, 0.05) is 30.2 Å². The fourth-order valence-electron chi connectivity index (χ4n) is 2.74. The zero-order chi connectivity index (χ0) is 18.2. The predicted octanol–water partition coefficient (Wildman–Crippen LogP) is 4.28. The molecule has 0 radical (unpaired) electrons. The number of aromatic nitrogens is 1. The van der Waals surface area contributed by atoms with Crippen LogP contribution >= 0.6 is 0 Å². The zero-order valence-electron chi connectivity index (χ0n) is 15.0. The van der Waals surface area contributed by atoms with E-state index in [1.165, 1.54) is 19.3 Å². The Kier molecular flexibility index (Phi) is 6.14. The van der Waals surface area contributed by atoms with Crippen LogP contribution in [0.4, 0.5) is 11.4 Å². The van der Waals surface area contributed by atoms with E-state index in [2.05, 4.69) is 27.7 Å². The Bertz CT molecular complexity index is 749. The van der Waals surface area contributed by atoms with Crippen LogP contribution in [0.2, 0.25) is 0 Å². The standard InChI is InChI=1S/C19H24N6O/c1-2-3-4-5-13-24-15-25(23-22-24)18-8-6-7-17(14-18)21-19(26)16-9-11-20-12-10-16/h6-12,14H,2-5,13,15H2,1H3,(H,21,26). The molecule has 1 aromatic heterocycles. The molecule has 1 N–H and O–H groups in total. The van der Waals surface area contributed by atoms with Gasteiger partial charge in [0.25, 0.3) is 5.91 Å². The van der Waals surface area contributed by atoms with Crippen molar-refractivity contribution in [2.45, 2.75) is 32.6 Å². The third-order valence-corrected chi connectivity index (χ3v) is 4.19. The molecular formula is C19H24N6O. The van der Waals surface area contributed by atoms with E-state index in [9.17, 15) is 4.79 Å². The molecule has 0 spiro atoms. The van der Waals surface area contributed by atoms with Crippen molar-refractivity contribution >= 4 is 17.3 Å². The highest BCUT2D eigenvalue weighted by molar-refractivity contribution is 6.04. The van der Waals surface area contributed by atoms with Crippen molar-refractivity contribution < 1.29 is 4.79 Å². The van der Waals surface area contributed by atoms with E-state index in [1.54, 1.807) is 24.5 Å². The van der Waals surface area contributed by atoms with Crippen LogP contribution in [0.1, 0.15) is 43.0 Å². The summed E-state index contributed by atoms with van der Waals surface area (Å²) < 4.78 is 0. The Morgan fingerprint density at radius 3 is 2.77 bits per heavy atom. The first-order valence-corrected chi connectivity index (χ1v) is 9.02. The molecule has 0 aliphatic carbocycles. The number of carbonyl (C=O) groups is 1. The zero-order valence-corrected chi connectivity index (χ0v) is 15.0. The van der Waals surface area contributed by atoms with E-state index >= 15 is 0 Å². The van der Waals surface area contributed by atoms with Crippen LogP contribution in [0.5, 0.6) is 0 Å². The summed E-state index contributed by atoms with van der Waals surface area (Å²) in [5.74, 6) is -0.162. The molecule has 0 saturated heterocycles. The van der Waals surface area contributed by atoms with Gasteiger partial charge in [-0.3, -0.25) is 14.8 Å². The van der Waals surface area contributed by atoms with Gasteiger partial charge in [0.2, 0.25) is 0 Å². The van der Waals surface area contributed by atoms with Gasteiger partial charge in [-0.15, -0.1) is 0 Å². The van der Waals surface area contributed by atoms with Crippen LogP contribution in [-0.2, 0) is 0 Å². The van der Waals surface area contributed by atoms with Crippen molar-refractivity contribution in [1.29, 1.82) is 0 Å². The Labute approximate surface area is 153 Å². The SMILES string of the molecule is CCCCCCN1CN(c2cccc(NC(=O)c3ccncc3)c2)N=N1. The van der Waals surface area contributed by atoms with Crippen molar-refractivity contribution in [3.8, 4) is 0 Å². The van der Waals surface area contributed by atoms with Crippen LogP contribution in [0, 0.1) is 0 Å². The van der Waals surface area contributed by atoms with Gasteiger partial charge in [0.15, 0.2) is 0 Å². The van der Waals surface area contributed by atoms with E-state index in [-0.39, 0.29) is 5.91 Å². The van der Waals surface area contributed by atoms with Crippen LogP contribution < -0.4 is 10.3 Å². The molecule has 7 nitrogen and oxygen atoms in total. The molecule has 0 fully saturated rings. The number of amides is 1. The number of rotatable bonds is 8. The van der Waals surface area contributed by atoms with Crippen LogP contribution in [-0.4, -0.2) is 29.1 Å². The average molecular weight is 352 g/mol. The smallest absolute Gasteiger partial charge is 0.255 e. The molecule has 1 amide bonds. The van der Waals surface area contributed by atoms with Gasteiger partial charge in [0.05, 0.1) is 5.69 Å². The normalized spacial score (nSPS) is 13.3. The minimum absolute atomic E-state index is 0.162. The molecule has 1 aromatic carbocycles. The highest BCUT2D eigenvalue weighted by Crippen LogP contribution is 2.23. The summed E-state index contributed by atoms with van der Waals surface area (Å²) in [6, 6.07) is 11.0. The van der Waals surface area contributed by atoms with Gasteiger partial charge in [-0.1, -0.05) is 37.5 Å². The van der Waals surface area contributed by atoms with Gasteiger partial charge in [-0.05, 0) is 42.0 Å². The summed E-state index contributed by atoms with van der Waals surface area (Å²) in [5, 5.41) is 15.2. The van der Waals surface area contributed by atoms with E-state index in [0.29, 0.717) is 12.2 Å². The van der Waals surface area contributed by atoms with Crippen molar-refractivity contribution in [2.24, 2.45) is 10.4 Å². The molecule has 7 heteroatoms. The summed E-state index contributed by atoms with van der Waals surface area (Å²) >= 11 is 0. The van der Waals surface area contributed by atoms with Gasteiger partial charge in [-0.25, -0.2) is 5.01 Å². The van der Waals surface area contributed by atoms with Gasteiger partial charge < -0.3 is 5.32 Å².